The summed E-state index contributed by atoms with van der Waals surface area (Å²) in [5.41, 5.74) is -1.05. The highest BCUT2D eigenvalue weighted by Gasteiger charge is 2.32. The maximum absolute atomic E-state index is 13.2. The molecule has 1 heterocycles. The van der Waals surface area contributed by atoms with Crippen molar-refractivity contribution in [1.82, 2.24) is 0 Å². The van der Waals surface area contributed by atoms with Crippen molar-refractivity contribution >= 4 is 23.0 Å². The van der Waals surface area contributed by atoms with Gasteiger partial charge in [0.1, 0.15) is 0 Å². The smallest absolute Gasteiger partial charge is 0.416 e. The number of hydrogen-bond donors (Lipinski definition) is 1. The van der Waals surface area contributed by atoms with Gasteiger partial charge in [0.2, 0.25) is 0 Å². The molecule has 0 radical (unpaired) electrons. The molecule has 0 unspecified atom stereocenters. The first-order chi connectivity index (χ1) is 14.7. The van der Waals surface area contributed by atoms with Crippen LogP contribution in [-0.2, 0) is 10.9 Å². The molecule has 1 amide bonds. The maximum atomic E-state index is 13.2. The Hall–Kier alpha value is -3.34. The summed E-state index contributed by atoms with van der Waals surface area (Å²) in [5, 5.41) is 13.8. The number of halogens is 3. The van der Waals surface area contributed by atoms with Gasteiger partial charge >= 0.3 is 11.9 Å². The Morgan fingerprint density at radius 1 is 1.23 bits per heavy atom. The summed E-state index contributed by atoms with van der Waals surface area (Å²) in [6.07, 6.45) is -4.60. The van der Waals surface area contributed by atoms with Gasteiger partial charge in [-0.05, 0) is 37.3 Å². The summed E-state index contributed by atoms with van der Waals surface area (Å²) in [6.45, 7) is 3.55. The van der Waals surface area contributed by atoms with Crippen LogP contribution in [0.15, 0.2) is 36.4 Å². The zero-order valence-electron chi connectivity index (χ0n) is 16.6. The van der Waals surface area contributed by atoms with Crippen molar-refractivity contribution in [3.8, 4) is 5.75 Å². The molecule has 0 bridgehead atoms. The first-order valence-electron chi connectivity index (χ1n) is 9.47. The molecule has 31 heavy (non-hydrogen) atoms. The highest BCUT2D eigenvalue weighted by atomic mass is 19.4. The van der Waals surface area contributed by atoms with E-state index in [0.717, 1.165) is 18.2 Å². The second-order valence-corrected chi connectivity index (χ2v) is 6.66. The Morgan fingerprint density at radius 3 is 2.55 bits per heavy atom. The highest BCUT2D eigenvalue weighted by molar-refractivity contribution is 6.06. The van der Waals surface area contributed by atoms with Gasteiger partial charge in [0, 0.05) is 24.7 Å². The molecule has 1 fully saturated rings. The number of nitrogens with one attached hydrogen (secondary N) is 1. The molecule has 166 valence electrons. The number of rotatable bonds is 6. The third-order valence-electron chi connectivity index (χ3n) is 4.64. The van der Waals surface area contributed by atoms with E-state index in [0.29, 0.717) is 32.0 Å². The van der Waals surface area contributed by atoms with Gasteiger partial charge in [-0.1, -0.05) is 0 Å². The van der Waals surface area contributed by atoms with E-state index in [4.69, 9.17) is 9.47 Å². The molecular formula is C20H20F3N3O5. The van der Waals surface area contributed by atoms with Gasteiger partial charge in [0.05, 0.1) is 41.7 Å². The first kappa shape index (κ1) is 22.3. The zero-order chi connectivity index (χ0) is 22.6. The van der Waals surface area contributed by atoms with Gasteiger partial charge in [-0.2, -0.15) is 13.2 Å². The molecule has 11 heteroatoms. The quantitative estimate of drug-likeness (QED) is 0.538. The van der Waals surface area contributed by atoms with Crippen LogP contribution in [0.25, 0.3) is 0 Å². The standard InChI is InChI=1S/C20H20F3N3O5/c1-2-31-18-6-3-13(11-17(18)26(28)29)19(27)24-15-12-14(20(21,22)23)4-5-16(15)25-7-9-30-10-8-25/h3-6,11-12H,2,7-10H2,1H3,(H,24,27). The monoisotopic (exact) mass is 439 g/mol. The largest absolute Gasteiger partial charge is 0.487 e. The van der Waals surface area contributed by atoms with Gasteiger partial charge < -0.3 is 19.7 Å². The first-order valence-corrected chi connectivity index (χ1v) is 9.47. The molecule has 8 nitrogen and oxygen atoms in total. The van der Waals surface area contributed by atoms with Gasteiger partial charge in [0.25, 0.3) is 5.91 Å². The summed E-state index contributed by atoms with van der Waals surface area (Å²) < 4.78 is 50.1. The number of carbonyl (C=O) groups excluding carboxylic acids is 1. The fraction of sp³-hybridized carbons (Fsp3) is 0.350. The third kappa shape index (κ3) is 5.23. The minimum absolute atomic E-state index is 0.00266. The van der Waals surface area contributed by atoms with Crippen molar-refractivity contribution in [2.75, 3.05) is 43.1 Å². The number of nitrogens with zero attached hydrogens (tertiary/aromatic N) is 2. The minimum atomic E-state index is -4.60. The number of morpholine rings is 1. The summed E-state index contributed by atoms with van der Waals surface area (Å²) in [4.78, 5) is 25.2. The predicted octanol–water partition coefficient (Wildman–Crippen LogP) is 4.10. The molecule has 0 saturated carbocycles. The second-order valence-electron chi connectivity index (χ2n) is 6.66. The van der Waals surface area contributed by atoms with Crippen LogP contribution in [0, 0.1) is 10.1 Å². The average molecular weight is 439 g/mol. The fourth-order valence-electron chi connectivity index (χ4n) is 3.17. The average Bonchev–Trinajstić information content (AvgIpc) is 2.74. The molecule has 2 aromatic rings. The second kappa shape index (κ2) is 9.21. The number of hydrogen-bond acceptors (Lipinski definition) is 6. The lowest BCUT2D eigenvalue weighted by Gasteiger charge is -2.31. The zero-order valence-corrected chi connectivity index (χ0v) is 16.6. The Bertz CT molecular complexity index is 975. The van der Waals surface area contributed by atoms with Crippen LogP contribution < -0.4 is 15.0 Å². The molecule has 1 N–H and O–H groups in total. The normalized spacial score (nSPS) is 14.3. The maximum Gasteiger partial charge on any atom is 0.416 e. The lowest BCUT2D eigenvalue weighted by Crippen LogP contribution is -2.36. The third-order valence-corrected chi connectivity index (χ3v) is 4.64. The lowest BCUT2D eigenvalue weighted by molar-refractivity contribution is -0.385. The Balaban J connectivity index is 1.95. The minimum Gasteiger partial charge on any atom is -0.487 e. The Kier molecular flexibility index (Phi) is 6.64. The lowest BCUT2D eigenvalue weighted by atomic mass is 10.1. The number of anilines is 2. The number of benzene rings is 2. The summed E-state index contributed by atoms with van der Waals surface area (Å²) in [6, 6.07) is 6.72. The number of alkyl halides is 3. The molecule has 0 spiro atoms. The Labute approximate surface area is 175 Å². The number of ether oxygens (including phenoxy) is 2. The fourth-order valence-corrected chi connectivity index (χ4v) is 3.17. The highest BCUT2D eigenvalue weighted by Crippen LogP contribution is 2.36. The number of nitro benzene ring substituents is 1. The number of carbonyl (C=O) groups is 1. The molecule has 2 aromatic carbocycles. The van der Waals surface area contributed by atoms with E-state index < -0.39 is 28.3 Å². The molecule has 1 aliphatic heterocycles. The van der Waals surface area contributed by atoms with Crippen molar-refractivity contribution in [3.63, 3.8) is 0 Å². The van der Waals surface area contributed by atoms with E-state index in [1.807, 2.05) is 0 Å². The van der Waals surface area contributed by atoms with Gasteiger partial charge in [-0.3, -0.25) is 14.9 Å². The summed E-state index contributed by atoms with van der Waals surface area (Å²) in [5.74, 6) is -0.780. The van der Waals surface area contributed by atoms with Crippen LogP contribution >= 0.6 is 0 Å². The summed E-state index contributed by atoms with van der Waals surface area (Å²) >= 11 is 0. The molecule has 1 saturated heterocycles. The van der Waals surface area contributed by atoms with Crippen molar-refractivity contribution in [2.24, 2.45) is 0 Å². The van der Waals surface area contributed by atoms with E-state index in [1.165, 1.54) is 18.2 Å². The van der Waals surface area contributed by atoms with Crippen molar-refractivity contribution in [3.05, 3.63) is 57.6 Å². The van der Waals surface area contributed by atoms with Gasteiger partial charge in [-0.25, -0.2) is 0 Å². The van der Waals surface area contributed by atoms with Gasteiger partial charge in [-0.15, -0.1) is 0 Å². The molecule has 0 aromatic heterocycles. The van der Waals surface area contributed by atoms with Crippen molar-refractivity contribution < 1.29 is 32.4 Å². The van der Waals surface area contributed by atoms with E-state index in [2.05, 4.69) is 5.32 Å². The van der Waals surface area contributed by atoms with Crippen LogP contribution in [0.3, 0.4) is 0 Å². The van der Waals surface area contributed by atoms with E-state index in [-0.39, 0.29) is 23.6 Å². The van der Waals surface area contributed by atoms with Crippen LogP contribution in [0.5, 0.6) is 5.75 Å². The number of nitro groups is 1. The van der Waals surface area contributed by atoms with Crippen LogP contribution in [0.1, 0.15) is 22.8 Å². The molecular weight excluding hydrogens is 419 g/mol. The molecule has 0 atom stereocenters. The van der Waals surface area contributed by atoms with Crippen LogP contribution in [0.4, 0.5) is 30.2 Å². The Morgan fingerprint density at radius 2 is 1.94 bits per heavy atom. The SMILES string of the molecule is CCOc1ccc(C(=O)Nc2cc(C(F)(F)F)ccc2N2CCOCC2)cc1[N+](=O)[O-]. The van der Waals surface area contributed by atoms with Gasteiger partial charge in [0.15, 0.2) is 5.75 Å². The summed E-state index contributed by atoms with van der Waals surface area (Å²) in [7, 11) is 0. The number of amides is 1. The molecule has 3 rings (SSSR count). The molecule has 0 aliphatic carbocycles. The van der Waals surface area contributed by atoms with Crippen LogP contribution in [0.2, 0.25) is 0 Å². The van der Waals surface area contributed by atoms with E-state index >= 15 is 0 Å². The van der Waals surface area contributed by atoms with Crippen molar-refractivity contribution in [2.45, 2.75) is 13.1 Å². The van der Waals surface area contributed by atoms with Crippen LogP contribution in [-0.4, -0.2) is 43.7 Å². The van der Waals surface area contributed by atoms with E-state index in [1.54, 1.807) is 11.8 Å². The van der Waals surface area contributed by atoms with E-state index in [9.17, 15) is 28.1 Å². The predicted molar refractivity (Wildman–Crippen MR) is 107 cm³/mol. The molecule has 1 aliphatic rings. The van der Waals surface area contributed by atoms with Crippen molar-refractivity contribution in [1.29, 1.82) is 0 Å². The topological polar surface area (TPSA) is 93.9 Å².